The third-order valence-electron chi connectivity index (χ3n) is 3.29. The second-order valence-corrected chi connectivity index (χ2v) is 4.90. The Morgan fingerprint density at radius 1 is 1.04 bits per heavy atom. The van der Waals surface area contributed by atoms with Crippen LogP contribution in [0.3, 0.4) is 0 Å². The first-order valence-electron chi connectivity index (χ1n) is 6.97. The standard InChI is InChI=1S/C15H10F2N6O/c1-18-14-19-12(8-5-9(16)7-10(17)6-8)20-15-21-13(22-23(14)15)11-3-2-4-24-11/h2-7H,1H3,(H,18,19,20,21,22). The fraction of sp³-hybridized carbons (Fsp3) is 0.0667. The molecular weight excluding hydrogens is 318 g/mol. The van der Waals surface area contributed by atoms with Gasteiger partial charge in [-0.25, -0.2) is 8.78 Å². The summed E-state index contributed by atoms with van der Waals surface area (Å²) in [7, 11) is 1.64. The van der Waals surface area contributed by atoms with Gasteiger partial charge in [-0.3, -0.25) is 0 Å². The fourth-order valence-electron chi connectivity index (χ4n) is 2.27. The SMILES string of the molecule is CNc1nc(-c2cc(F)cc(F)c2)nc2nc(-c3ccco3)nn12. The summed E-state index contributed by atoms with van der Waals surface area (Å²) in [5.74, 6) is 0.0535. The van der Waals surface area contributed by atoms with Crippen LogP contribution >= 0.6 is 0 Å². The van der Waals surface area contributed by atoms with Crippen molar-refractivity contribution in [1.29, 1.82) is 0 Å². The van der Waals surface area contributed by atoms with E-state index in [4.69, 9.17) is 4.42 Å². The van der Waals surface area contributed by atoms with E-state index in [1.54, 1.807) is 19.2 Å². The van der Waals surface area contributed by atoms with Gasteiger partial charge in [-0.2, -0.15) is 19.5 Å². The Bertz CT molecular complexity index is 1010. The minimum absolute atomic E-state index is 0.128. The summed E-state index contributed by atoms with van der Waals surface area (Å²) in [5, 5.41) is 7.13. The molecule has 0 unspecified atom stereocenters. The van der Waals surface area contributed by atoms with Gasteiger partial charge in [0.25, 0.3) is 5.78 Å². The van der Waals surface area contributed by atoms with E-state index in [2.05, 4.69) is 25.4 Å². The largest absolute Gasteiger partial charge is 0.461 e. The zero-order chi connectivity index (χ0) is 16.7. The normalized spacial score (nSPS) is 11.1. The first-order chi connectivity index (χ1) is 11.6. The molecule has 4 aromatic rings. The molecule has 0 saturated carbocycles. The van der Waals surface area contributed by atoms with E-state index >= 15 is 0 Å². The van der Waals surface area contributed by atoms with E-state index in [1.165, 1.54) is 10.8 Å². The van der Waals surface area contributed by atoms with Crippen LogP contribution in [0.2, 0.25) is 0 Å². The van der Waals surface area contributed by atoms with Gasteiger partial charge in [0.15, 0.2) is 11.6 Å². The molecule has 24 heavy (non-hydrogen) atoms. The number of benzene rings is 1. The average molecular weight is 328 g/mol. The maximum atomic E-state index is 13.4. The highest BCUT2D eigenvalue weighted by molar-refractivity contribution is 5.60. The molecule has 7 nitrogen and oxygen atoms in total. The van der Waals surface area contributed by atoms with Gasteiger partial charge in [0, 0.05) is 18.7 Å². The van der Waals surface area contributed by atoms with Crippen LogP contribution in [0, 0.1) is 11.6 Å². The summed E-state index contributed by atoms with van der Waals surface area (Å²) in [5.41, 5.74) is 0.203. The fourth-order valence-corrected chi connectivity index (χ4v) is 2.27. The van der Waals surface area contributed by atoms with Crippen LogP contribution in [0.15, 0.2) is 41.0 Å². The smallest absolute Gasteiger partial charge is 0.258 e. The maximum Gasteiger partial charge on any atom is 0.258 e. The molecule has 0 bridgehead atoms. The monoisotopic (exact) mass is 328 g/mol. The van der Waals surface area contributed by atoms with Crippen LogP contribution in [-0.2, 0) is 0 Å². The summed E-state index contributed by atoms with van der Waals surface area (Å²) >= 11 is 0. The number of hydrogen-bond acceptors (Lipinski definition) is 6. The number of anilines is 1. The Morgan fingerprint density at radius 3 is 2.46 bits per heavy atom. The van der Waals surface area contributed by atoms with Crippen LogP contribution in [-0.4, -0.2) is 31.6 Å². The molecule has 1 aromatic carbocycles. The van der Waals surface area contributed by atoms with Gasteiger partial charge in [0.1, 0.15) is 11.6 Å². The Hall–Kier alpha value is -3.36. The van der Waals surface area contributed by atoms with Crippen LogP contribution in [0.4, 0.5) is 14.7 Å². The summed E-state index contributed by atoms with van der Waals surface area (Å²) in [6.45, 7) is 0. The number of rotatable bonds is 3. The van der Waals surface area contributed by atoms with Crippen molar-refractivity contribution >= 4 is 11.7 Å². The molecule has 0 spiro atoms. The van der Waals surface area contributed by atoms with E-state index in [0.29, 0.717) is 17.5 Å². The quantitative estimate of drug-likeness (QED) is 0.623. The van der Waals surface area contributed by atoms with Crippen molar-refractivity contribution < 1.29 is 13.2 Å². The third-order valence-corrected chi connectivity index (χ3v) is 3.29. The van der Waals surface area contributed by atoms with Crippen molar-refractivity contribution in [2.24, 2.45) is 0 Å². The van der Waals surface area contributed by atoms with Crippen LogP contribution in [0.1, 0.15) is 0 Å². The lowest BCUT2D eigenvalue weighted by Gasteiger charge is -2.05. The van der Waals surface area contributed by atoms with E-state index in [-0.39, 0.29) is 17.2 Å². The minimum atomic E-state index is -0.711. The molecule has 0 aliphatic carbocycles. The van der Waals surface area contributed by atoms with Gasteiger partial charge < -0.3 is 9.73 Å². The van der Waals surface area contributed by atoms with E-state index in [1.807, 2.05) is 0 Å². The van der Waals surface area contributed by atoms with Crippen molar-refractivity contribution in [3.8, 4) is 23.0 Å². The van der Waals surface area contributed by atoms with Crippen molar-refractivity contribution in [3.63, 3.8) is 0 Å². The molecule has 0 aliphatic rings. The molecule has 0 amide bonds. The predicted octanol–water partition coefficient (Wildman–Crippen LogP) is 2.77. The molecule has 3 aromatic heterocycles. The van der Waals surface area contributed by atoms with Crippen LogP contribution in [0.5, 0.6) is 0 Å². The highest BCUT2D eigenvalue weighted by Gasteiger charge is 2.16. The lowest BCUT2D eigenvalue weighted by molar-refractivity contribution is 0.577. The van der Waals surface area contributed by atoms with Gasteiger partial charge in [-0.15, -0.1) is 5.10 Å². The molecule has 0 aliphatic heterocycles. The first kappa shape index (κ1) is 14.2. The Balaban J connectivity index is 1.91. The van der Waals surface area contributed by atoms with Crippen molar-refractivity contribution in [2.75, 3.05) is 12.4 Å². The van der Waals surface area contributed by atoms with E-state index < -0.39 is 11.6 Å². The Morgan fingerprint density at radius 2 is 1.79 bits per heavy atom. The summed E-state index contributed by atoms with van der Waals surface area (Å²) in [6.07, 6.45) is 1.51. The molecule has 0 atom stereocenters. The second-order valence-electron chi connectivity index (χ2n) is 4.90. The number of fused-ring (bicyclic) bond motifs is 1. The molecule has 9 heteroatoms. The molecule has 0 saturated heterocycles. The number of nitrogens with one attached hydrogen (secondary N) is 1. The molecule has 0 radical (unpaired) electrons. The summed E-state index contributed by atoms with van der Waals surface area (Å²) in [6, 6.07) is 6.51. The zero-order valence-electron chi connectivity index (χ0n) is 12.4. The molecule has 0 fully saturated rings. The maximum absolute atomic E-state index is 13.4. The zero-order valence-corrected chi connectivity index (χ0v) is 12.4. The van der Waals surface area contributed by atoms with Crippen molar-refractivity contribution in [3.05, 3.63) is 48.2 Å². The van der Waals surface area contributed by atoms with E-state index in [9.17, 15) is 8.78 Å². The molecule has 120 valence electrons. The number of furan rings is 1. The van der Waals surface area contributed by atoms with Gasteiger partial charge in [0.05, 0.1) is 6.26 Å². The highest BCUT2D eigenvalue weighted by atomic mass is 19.1. The molecule has 3 heterocycles. The second kappa shape index (κ2) is 5.37. The Labute approximate surface area is 134 Å². The van der Waals surface area contributed by atoms with Gasteiger partial charge in [0.2, 0.25) is 11.8 Å². The van der Waals surface area contributed by atoms with Crippen molar-refractivity contribution in [2.45, 2.75) is 0 Å². The van der Waals surface area contributed by atoms with E-state index in [0.717, 1.165) is 18.2 Å². The molecule has 4 rings (SSSR count). The van der Waals surface area contributed by atoms with Gasteiger partial charge in [-0.1, -0.05) is 0 Å². The third kappa shape index (κ3) is 2.35. The predicted molar refractivity (Wildman–Crippen MR) is 81.2 cm³/mol. The molecule has 1 N–H and O–H groups in total. The lowest BCUT2D eigenvalue weighted by Crippen LogP contribution is -2.06. The number of hydrogen-bond donors (Lipinski definition) is 1. The first-order valence-corrected chi connectivity index (χ1v) is 6.97. The van der Waals surface area contributed by atoms with Crippen molar-refractivity contribution in [1.82, 2.24) is 24.6 Å². The summed E-state index contributed by atoms with van der Waals surface area (Å²) in [4.78, 5) is 12.7. The van der Waals surface area contributed by atoms with Gasteiger partial charge >= 0.3 is 0 Å². The lowest BCUT2D eigenvalue weighted by atomic mass is 10.2. The van der Waals surface area contributed by atoms with Crippen LogP contribution < -0.4 is 5.32 Å². The Kier molecular flexibility index (Phi) is 3.19. The number of halogens is 2. The minimum Gasteiger partial charge on any atom is -0.461 e. The topological polar surface area (TPSA) is 81.1 Å². The summed E-state index contributed by atoms with van der Waals surface area (Å²) < 4.78 is 33.5. The highest BCUT2D eigenvalue weighted by Crippen LogP contribution is 2.22. The number of nitrogens with zero attached hydrogens (tertiary/aromatic N) is 5. The van der Waals surface area contributed by atoms with Crippen LogP contribution in [0.25, 0.3) is 28.8 Å². The molecular formula is C15H10F2N6O. The average Bonchev–Trinajstić information content (AvgIpc) is 3.21. The van der Waals surface area contributed by atoms with Gasteiger partial charge in [-0.05, 0) is 24.3 Å². The number of aromatic nitrogens is 5.